The van der Waals surface area contributed by atoms with Crippen LogP contribution >= 0.6 is 0 Å². The lowest BCUT2D eigenvalue weighted by molar-refractivity contribution is 1.16. The molecule has 51 heavy (non-hydrogen) atoms. The molecule has 0 radical (unpaired) electrons. The van der Waals surface area contributed by atoms with Gasteiger partial charge in [-0.05, 0) is 60.2 Å². The van der Waals surface area contributed by atoms with Gasteiger partial charge in [0.1, 0.15) is 0 Å². The Balaban J connectivity index is 1.30. The number of fused-ring (bicyclic) bond motifs is 16. The number of benzene rings is 10. The van der Waals surface area contributed by atoms with Gasteiger partial charge in [0.2, 0.25) is 0 Å². The molecule has 0 aliphatic carbocycles. The third-order valence-electron chi connectivity index (χ3n) is 12.6. The van der Waals surface area contributed by atoms with Gasteiger partial charge in [-0.1, -0.05) is 146 Å². The summed E-state index contributed by atoms with van der Waals surface area (Å²) in [6.07, 6.45) is 0. The molecule has 12 aromatic rings. The van der Waals surface area contributed by atoms with E-state index in [1.54, 1.807) is 0 Å². The number of hydrogen-bond acceptors (Lipinski definition) is 0. The highest BCUT2D eigenvalue weighted by atomic mass is 15.0. The van der Waals surface area contributed by atoms with Crippen LogP contribution in [0.3, 0.4) is 0 Å². The van der Waals surface area contributed by atoms with E-state index in [1.807, 2.05) is 0 Å². The summed E-state index contributed by atoms with van der Waals surface area (Å²) in [6, 6.07) is 57.6. The maximum atomic E-state index is 2.67. The van der Waals surface area contributed by atoms with Crippen molar-refractivity contribution in [2.45, 2.75) is 0 Å². The molecule has 2 aromatic heterocycles. The quantitative estimate of drug-likeness (QED) is 0.115. The van der Waals surface area contributed by atoms with Crippen LogP contribution in [0.2, 0.25) is 0 Å². The second-order valence-corrected chi connectivity index (χ2v) is 14.7. The topological polar surface area (TPSA) is 9.86 Å². The van der Waals surface area contributed by atoms with Gasteiger partial charge in [0.05, 0.1) is 16.7 Å². The largest absolute Gasteiger partial charge is 0.310 e. The van der Waals surface area contributed by atoms with Crippen LogP contribution in [0.1, 0.15) is 0 Å². The van der Waals surface area contributed by atoms with Crippen molar-refractivity contribution in [1.29, 1.82) is 0 Å². The predicted molar refractivity (Wildman–Crippen MR) is 218 cm³/mol. The predicted octanol–water partition coefficient (Wildman–Crippen LogP) is 10.2. The number of para-hydroxylation sites is 2. The Morgan fingerprint density at radius 3 is 1.69 bits per heavy atom. The molecule has 3 heteroatoms. The first kappa shape index (κ1) is 25.4. The SMILES string of the molecule is c1ccc2c3c4c(cc2c1)-n1c2c(cccc2c2c5cccc6ccc7cccc(c7c65)c21)B4c1cccc2c4ccc5ccccc5c4n-3c12. The summed E-state index contributed by atoms with van der Waals surface area (Å²) in [5, 5.41) is 18.5. The van der Waals surface area contributed by atoms with Gasteiger partial charge in [-0.15, -0.1) is 0 Å². The summed E-state index contributed by atoms with van der Waals surface area (Å²) in [7, 11) is 0. The van der Waals surface area contributed by atoms with E-state index in [4.69, 9.17) is 0 Å². The van der Waals surface area contributed by atoms with Gasteiger partial charge in [-0.2, -0.15) is 0 Å². The van der Waals surface area contributed by atoms with E-state index in [9.17, 15) is 0 Å². The molecule has 14 rings (SSSR count). The molecule has 230 valence electrons. The van der Waals surface area contributed by atoms with E-state index in [1.165, 1.54) is 125 Å². The fraction of sp³-hybridized carbons (Fsp3) is 0. The summed E-state index contributed by atoms with van der Waals surface area (Å²) in [5.41, 5.74) is 12.1. The van der Waals surface area contributed by atoms with E-state index in [0.717, 1.165) is 0 Å². The highest BCUT2D eigenvalue weighted by Gasteiger charge is 2.42. The maximum Gasteiger partial charge on any atom is 0.252 e. The Morgan fingerprint density at radius 2 is 0.882 bits per heavy atom. The number of aromatic nitrogens is 2. The van der Waals surface area contributed by atoms with Crippen molar-refractivity contribution >= 4 is 121 Å². The standard InChI is InChI=1S/C48H25BN2/c1-3-13-30-26(9-1)23-24-33-32-15-7-19-37-45(32)51(44(30)33)48-31-14-4-2-10-29(31)25-39-43(48)49(37)38-20-8-18-36-42-34-16-5-11-27-21-22-28-12-6-17-35(41(28)40(27)34)47(42)50(39)46(36)38/h1-25H. The molecule has 2 aliphatic rings. The van der Waals surface area contributed by atoms with Gasteiger partial charge in [-0.25, -0.2) is 0 Å². The molecule has 4 heterocycles. The first-order chi connectivity index (χ1) is 25.3. The van der Waals surface area contributed by atoms with Crippen molar-refractivity contribution < 1.29 is 0 Å². The Morgan fingerprint density at radius 1 is 0.333 bits per heavy atom. The summed E-state index contributed by atoms with van der Waals surface area (Å²) in [6.45, 7) is 0.105. The third-order valence-corrected chi connectivity index (χ3v) is 12.6. The van der Waals surface area contributed by atoms with Crippen molar-refractivity contribution in [2.24, 2.45) is 0 Å². The van der Waals surface area contributed by atoms with Gasteiger partial charge in [0.25, 0.3) is 6.71 Å². The minimum Gasteiger partial charge on any atom is -0.310 e. The molecule has 0 atom stereocenters. The molecule has 0 saturated carbocycles. The Kier molecular flexibility index (Phi) is 4.19. The molecule has 0 spiro atoms. The lowest BCUT2D eigenvalue weighted by Crippen LogP contribution is -2.59. The second-order valence-electron chi connectivity index (χ2n) is 14.7. The van der Waals surface area contributed by atoms with Crippen LogP contribution in [0.5, 0.6) is 0 Å². The van der Waals surface area contributed by atoms with E-state index in [0.29, 0.717) is 0 Å². The lowest BCUT2D eigenvalue weighted by Gasteiger charge is -2.34. The van der Waals surface area contributed by atoms with Crippen LogP contribution in [-0.4, -0.2) is 15.8 Å². The minimum atomic E-state index is 0.105. The average Bonchev–Trinajstić information content (AvgIpc) is 3.72. The van der Waals surface area contributed by atoms with Crippen molar-refractivity contribution in [3.8, 4) is 11.4 Å². The molecule has 2 nitrogen and oxygen atoms in total. The molecule has 0 unspecified atom stereocenters. The summed E-state index contributed by atoms with van der Waals surface area (Å²) >= 11 is 0. The van der Waals surface area contributed by atoms with Gasteiger partial charge in [0, 0.05) is 54.4 Å². The first-order valence-electron chi connectivity index (χ1n) is 18.0. The second kappa shape index (κ2) is 8.41. The van der Waals surface area contributed by atoms with Gasteiger partial charge in [-0.3, -0.25) is 0 Å². The summed E-state index contributed by atoms with van der Waals surface area (Å²) < 4.78 is 5.32. The van der Waals surface area contributed by atoms with Gasteiger partial charge < -0.3 is 9.13 Å². The maximum absolute atomic E-state index is 2.67. The zero-order valence-corrected chi connectivity index (χ0v) is 27.4. The molecule has 10 aromatic carbocycles. The molecular weight excluding hydrogens is 615 g/mol. The number of rotatable bonds is 0. The molecule has 0 amide bonds. The van der Waals surface area contributed by atoms with E-state index in [-0.39, 0.29) is 6.71 Å². The Labute approximate surface area is 291 Å². The number of nitrogens with zero attached hydrogens (tertiary/aromatic N) is 2. The lowest BCUT2D eigenvalue weighted by atomic mass is 9.34. The van der Waals surface area contributed by atoms with Crippen LogP contribution in [0.25, 0.3) is 109 Å². The number of hydrogen-bond donors (Lipinski definition) is 0. The zero-order chi connectivity index (χ0) is 32.7. The van der Waals surface area contributed by atoms with Crippen LogP contribution < -0.4 is 16.4 Å². The monoisotopic (exact) mass is 640 g/mol. The first-order valence-corrected chi connectivity index (χ1v) is 18.0. The van der Waals surface area contributed by atoms with Gasteiger partial charge >= 0.3 is 0 Å². The van der Waals surface area contributed by atoms with Crippen LogP contribution in [-0.2, 0) is 0 Å². The fourth-order valence-corrected chi connectivity index (χ4v) is 10.8. The van der Waals surface area contributed by atoms with Crippen LogP contribution in [0.15, 0.2) is 152 Å². The van der Waals surface area contributed by atoms with E-state index >= 15 is 0 Å². The van der Waals surface area contributed by atoms with E-state index in [2.05, 4.69) is 161 Å². The molecule has 0 saturated heterocycles. The molecular formula is C48H25BN2. The fourth-order valence-electron chi connectivity index (χ4n) is 10.8. The van der Waals surface area contributed by atoms with Crippen molar-refractivity contribution in [1.82, 2.24) is 9.13 Å². The molecule has 2 aliphatic heterocycles. The molecule has 0 fully saturated rings. The average molecular weight is 641 g/mol. The summed E-state index contributed by atoms with van der Waals surface area (Å²) in [5.74, 6) is 0. The molecule has 0 bridgehead atoms. The van der Waals surface area contributed by atoms with Crippen molar-refractivity contribution in [2.75, 3.05) is 0 Å². The van der Waals surface area contributed by atoms with Gasteiger partial charge in [0.15, 0.2) is 0 Å². The van der Waals surface area contributed by atoms with Crippen LogP contribution in [0, 0.1) is 0 Å². The summed E-state index contributed by atoms with van der Waals surface area (Å²) in [4.78, 5) is 0. The highest BCUT2D eigenvalue weighted by molar-refractivity contribution is 7.00. The molecule has 0 N–H and O–H groups in total. The Hall–Kier alpha value is -6.58. The van der Waals surface area contributed by atoms with E-state index < -0.39 is 0 Å². The Bertz CT molecular complexity index is 3600. The van der Waals surface area contributed by atoms with Crippen molar-refractivity contribution in [3.05, 3.63) is 152 Å². The normalized spacial score (nSPS) is 13.5. The zero-order valence-electron chi connectivity index (χ0n) is 27.4. The third kappa shape index (κ3) is 2.72. The highest BCUT2D eigenvalue weighted by Crippen LogP contribution is 2.48. The van der Waals surface area contributed by atoms with Crippen LogP contribution in [0.4, 0.5) is 0 Å². The minimum absolute atomic E-state index is 0.105. The smallest absolute Gasteiger partial charge is 0.252 e. The van der Waals surface area contributed by atoms with Crippen molar-refractivity contribution in [3.63, 3.8) is 0 Å².